The molecular formula is C31H35ClO10. The number of esters is 3. The molecule has 2 aliphatic rings. The van der Waals surface area contributed by atoms with Crippen LogP contribution in [0.25, 0.3) is 0 Å². The highest BCUT2D eigenvalue weighted by molar-refractivity contribution is 6.31. The highest BCUT2D eigenvalue weighted by Gasteiger charge is 2.53. The Morgan fingerprint density at radius 1 is 0.881 bits per heavy atom. The molecule has 0 radical (unpaired) electrons. The molecule has 0 unspecified atom stereocenters. The van der Waals surface area contributed by atoms with Crippen LogP contribution in [0.15, 0.2) is 48.6 Å². The number of hydrogen-bond acceptors (Lipinski definition) is 10. The molecule has 1 saturated heterocycles. The van der Waals surface area contributed by atoms with Crippen molar-refractivity contribution in [2.24, 2.45) is 0 Å². The molecule has 42 heavy (non-hydrogen) atoms. The summed E-state index contributed by atoms with van der Waals surface area (Å²) in [6.45, 7) is 6.63. The standard InChI is InChI=1S/C31H35ClO10/c1-5-37-23-10-8-21(9-11-23)14-22-15-24-26(16-25(22)32)38-13-7-6-12-36-17-27-29(39-18(2)33)31(41-20(4)35)30(28(24)42-27)40-19(3)34/h6-11,15-16,27-31H,5,12-14,17H2,1-4H3/b7-6-/t27-,28+,29+,30-,31+/m1/s1. The van der Waals surface area contributed by atoms with Crippen molar-refractivity contribution >= 4 is 29.5 Å². The number of fused-ring (bicyclic) bond motifs is 4. The first-order valence-electron chi connectivity index (χ1n) is 13.7. The van der Waals surface area contributed by atoms with Gasteiger partial charge >= 0.3 is 17.9 Å². The lowest BCUT2D eigenvalue weighted by Crippen LogP contribution is -2.59. The van der Waals surface area contributed by atoms with Gasteiger partial charge in [0.15, 0.2) is 18.3 Å². The summed E-state index contributed by atoms with van der Waals surface area (Å²) in [5, 5.41) is 0.466. The molecule has 0 spiro atoms. The molecule has 10 nitrogen and oxygen atoms in total. The molecule has 11 heteroatoms. The maximum atomic E-state index is 12.3. The summed E-state index contributed by atoms with van der Waals surface area (Å²) in [5.41, 5.74) is 2.26. The molecule has 2 aliphatic heterocycles. The number of carbonyl (C=O) groups is 3. The van der Waals surface area contributed by atoms with Gasteiger partial charge in [-0.25, -0.2) is 0 Å². The zero-order valence-electron chi connectivity index (χ0n) is 24.0. The molecule has 0 saturated carbocycles. The maximum Gasteiger partial charge on any atom is 0.303 e. The van der Waals surface area contributed by atoms with Gasteiger partial charge in [-0.05, 0) is 54.8 Å². The van der Waals surface area contributed by atoms with Crippen molar-refractivity contribution in [1.29, 1.82) is 0 Å². The highest BCUT2D eigenvalue weighted by atomic mass is 35.5. The predicted molar refractivity (Wildman–Crippen MR) is 152 cm³/mol. The van der Waals surface area contributed by atoms with Gasteiger partial charge < -0.3 is 33.2 Å². The minimum Gasteiger partial charge on any atom is -0.494 e. The van der Waals surface area contributed by atoms with Gasteiger partial charge in [0.2, 0.25) is 0 Å². The van der Waals surface area contributed by atoms with E-state index in [0.29, 0.717) is 29.4 Å². The first-order chi connectivity index (χ1) is 20.2. The van der Waals surface area contributed by atoms with Gasteiger partial charge in [-0.15, -0.1) is 0 Å². The third-order valence-corrected chi connectivity index (χ3v) is 7.00. The molecule has 0 aliphatic carbocycles. The SMILES string of the molecule is CCOc1ccc(Cc2cc3c(cc2Cl)OC/C=C\COC[C@H]2O[C@@H]3[C@@H](OC(C)=O)[C@@H](OC(C)=O)[C@H]2OC(C)=O)cc1. The lowest BCUT2D eigenvalue weighted by atomic mass is 9.88. The lowest BCUT2D eigenvalue weighted by molar-refractivity contribution is -0.255. The van der Waals surface area contributed by atoms with Crippen LogP contribution >= 0.6 is 11.6 Å². The minimum atomic E-state index is -1.20. The van der Waals surface area contributed by atoms with Crippen LogP contribution in [-0.4, -0.2) is 68.8 Å². The average Bonchev–Trinajstić information content (AvgIpc) is 2.92. The number of ether oxygens (including phenoxy) is 7. The van der Waals surface area contributed by atoms with Crippen LogP contribution in [0, 0.1) is 0 Å². The number of carbonyl (C=O) groups excluding carboxylic acids is 3. The largest absolute Gasteiger partial charge is 0.494 e. The minimum absolute atomic E-state index is 0.00611. The lowest BCUT2D eigenvalue weighted by Gasteiger charge is -2.45. The zero-order valence-corrected chi connectivity index (χ0v) is 24.8. The second-order valence-corrected chi connectivity index (χ2v) is 10.3. The molecule has 0 amide bonds. The summed E-state index contributed by atoms with van der Waals surface area (Å²) in [4.78, 5) is 36.7. The van der Waals surface area contributed by atoms with Crippen molar-refractivity contribution in [3.05, 3.63) is 70.3 Å². The average molecular weight is 603 g/mol. The van der Waals surface area contributed by atoms with E-state index >= 15 is 0 Å². The van der Waals surface area contributed by atoms with E-state index in [1.807, 2.05) is 37.3 Å². The smallest absolute Gasteiger partial charge is 0.303 e. The second kappa shape index (κ2) is 14.5. The fourth-order valence-electron chi connectivity index (χ4n) is 5.00. The van der Waals surface area contributed by atoms with Crippen LogP contribution in [0.3, 0.4) is 0 Å². The quantitative estimate of drug-likeness (QED) is 0.254. The first-order valence-corrected chi connectivity index (χ1v) is 14.1. The number of hydrogen-bond donors (Lipinski definition) is 0. The van der Waals surface area contributed by atoms with E-state index in [1.165, 1.54) is 20.8 Å². The van der Waals surface area contributed by atoms with Crippen LogP contribution < -0.4 is 9.47 Å². The van der Waals surface area contributed by atoms with Crippen molar-refractivity contribution in [2.75, 3.05) is 26.4 Å². The van der Waals surface area contributed by atoms with Gasteiger partial charge in [-0.2, -0.15) is 0 Å². The van der Waals surface area contributed by atoms with Crippen LogP contribution in [0.4, 0.5) is 0 Å². The van der Waals surface area contributed by atoms with Crippen LogP contribution in [0.5, 0.6) is 11.5 Å². The zero-order chi connectivity index (χ0) is 30.2. The fraction of sp³-hybridized carbons (Fsp3) is 0.452. The highest BCUT2D eigenvalue weighted by Crippen LogP contribution is 2.43. The topological polar surface area (TPSA) is 116 Å². The van der Waals surface area contributed by atoms with Gasteiger partial charge in [0.1, 0.15) is 30.3 Å². The summed E-state index contributed by atoms with van der Waals surface area (Å²) < 4.78 is 40.8. The van der Waals surface area contributed by atoms with Gasteiger partial charge in [0.05, 0.1) is 19.8 Å². The molecule has 2 heterocycles. The van der Waals surface area contributed by atoms with Crippen molar-refractivity contribution < 1.29 is 47.5 Å². The Kier molecular flexibility index (Phi) is 10.8. The number of rotatable bonds is 7. The van der Waals surface area contributed by atoms with E-state index in [9.17, 15) is 14.4 Å². The molecule has 0 aromatic heterocycles. The van der Waals surface area contributed by atoms with Crippen molar-refractivity contribution in [3.63, 3.8) is 0 Å². The van der Waals surface area contributed by atoms with Crippen LogP contribution in [0.1, 0.15) is 50.5 Å². The Morgan fingerprint density at radius 2 is 1.52 bits per heavy atom. The normalized spacial score (nSPS) is 24.5. The molecule has 2 aromatic carbocycles. The van der Waals surface area contributed by atoms with Crippen molar-refractivity contribution in [2.45, 2.75) is 64.6 Å². The fourth-order valence-corrected chi connectivity index (χ4v) is 5.22. The van der Waals surface area contributed by atoms with E-state index in [-0.39, 0.29) is 19.8 Å². The Hall–Kier alpha value is -3.60. The van der Waals surface area contributed by atoms with Gasteiger partial charge in [-0.3, -0.25) is 14.4 Å². The van der Waals surface area contributed by atoms with E-state index in [0.717, 1.165) is 16.9 Å². The maximum absolute atomic E-state index is 12.3. The van der Waals surface area contributed by atoms with Gasteiger partial charge in [0, 0.05) is 31.4 Å². The molecule has 0 N–H and O–H groups in total. The number of benzene rings is 2. The summed E-state index contributed by atoms with van der Waals surface area (Å²) in [5.74, 6) is -0.757. The van der Waals surface area contributed by atoms with Gasteiger partial charge in [-0.1, -0.05) is 29.8 Å². The Labute approximate surface area is 249 Å². The Balaban J connectivity index is 1.82. The Morgan fingerprint density at radius 3 is 2.19 bits per heavy atom. The molecule has 2 bridgehead atoms. The van der Waals surface area contributed by atoms with Crippen LogP contribution in [-0.2, 0) is 44.5 Å². The molecule has 2 aromatic rings. The molecule has 1 fully saturated rings. The second-order valence-electron chi connectivity index (χ2n) is 9.87. The van der Waals surface area contributed by atoms with E-state index in [1.54, 1.807) is 18.2 Å². The molecular weight excluding hydrogens is 568 g/mol. The van der Waals surface area contributed by atoms with E-state index in [4.69, 9.17) is 44.8 Å². The van der Waals surface area contributed by atoms with E-state index < -0.39 is 48.4 Å². The predicted octanol–water partition coefficient (Wildman–Crippen LogP) is 4.53. The summed E-state index contributed by atoms with van der Waals surface area (Å²) >= 11 is 6.75. The number of halogens is 1. The summed E-state index contributed by atoms with van der Waals surface area (Å²) in [7, 11) is 0. The summed E-state index contributed by atoms with van der Waals surface area (Å²) in [6.07, 6.45) is -1.30. The van der Waals surface area contributed by atoms with Gasteiger partial charge in [0.25, 0.3) is 0 Å². The molecule has 226 valence electrons. The Bertz CT molecular complexity index is 1290. The summed E-state index contributed by atoms with van der Waals surface area (Å²) in [6, 6.07) is 11.2. The first kappa shape index (κ1) is 31.3. The monoisotopic (exact) mass is 602 g/mol. The van der Waals surface area contributed by atoms with Crippen LogP contribution in [0.2, 0.25) is 5.02 Å². The molecule has 5 atom stereocenters. The third kappa shape index (κ3) is 8.02. The van der Waals surface area contributed by atoms with Crippen molar-refractivity contribution in [3.8, 4) is 11.5 Å². The van der Waals surface area contributed by atoms with Crippen molar-refractivity contribution in [1.82, 2.24) is 0 Å². The molecule has 4 rings (SSSR count). The third-order valence-electron chi connectivity index (χ3n) is 6.65. The van der Waals surface area contributed by atoms with E-state index in [2.05, 4.69) is 0 Å².